The van der Waals surface area contributed by atoms with Crippen LogP contribution in [0.2, 0.25) is 0 Å². The number of para-hydroxylation sites is 2. The third-order valence-electron chi connectivity index (χ3n) is 3.21. The molecule has 1 aromatic heterocycles. The fourth-order valence-corrected chi connectivity index (χ4v) is 5.32. The van der Waals surface area contributed by atoms with Gasteiger partial charge in [0.15, 0.2) is 0 Å². The van der Waals surface area contributed by atoms with Crippen molar-refractivity contribution in [1.82, 2.24) is 0 Å². The molecule has 0 fully saturated rings. The molecule has 1 aromatic carbocycles. The molecule has 0 spiro atoms. The largest absolute Gasteiger partial charge is 0.489 e. The van der Waals surface area contributed by atoms with E-state index in [9.17, 15) is 8.42 Å². The van der Waals surface area contributed by atoms with Gasteiger partial charge in [0.2, 0.25) is 0 Å². The van der Waals surface area contributed by atoms with E-state index in [-0.39, 0.29) is 6.04 Å². The van der Waals surface area contributed by atoms with E-state index in [1.807, 2.05) is 32.0 Å². The number of aryl methyl sites for hydroxylation is 1. The van der Waals surface area contributed by atoms with Gasteiger partial charge in [-0.3, -0.25) is 4.31 Å². The highest BCUT2D eigenvalue weighted by atomic mass is 32.2. The Hall–Kier alpha value is -1.53. The Kier molecular flexibility index (Phi) is 3.22. The molecule has 0 radical (unpaired) electrons. The van der Waals surface area contributed by atoms with Crippen LogP contribution in [0.15, 0.2) is 40.6 Å². The summed E-state index contributed by atoms with van der Waals surface area (Å²) in [5.74, 6) is 0.613. The summed E-state index contributed by atoms with van der Waals surface area (Å²) >= 11 is 1.29. The fraction of sp³-hybridized carbons (Fsp3) is 0.286. The molecule has 2 heterocycles. The topological polar surface area (TPSA) is 46.6 Å². The molecule has 0 saturated carbocycles. The van der Waals surface area contributed by atoms with Crippen molar-refractivity contribution in [2.24, 2.45) is 0 Å². The molecule has 0 saturated heterocycles. The quantitative estimate of drug-likeness (QED) is 0.856. The number of hydrogen-bond donors (Lipinski definition) is 0. The van der Waals surface area contributed by atoms with Gasteiger partial charge in [-0.15, -0.1) is 11.3 Å². The Morgan fingerprint density at radius 1 is 1.25 bits per heavy atom. The normalized spacial score (nSPS) is 18.5. The molecule has 3 rings (SSSR count). The van der Waals surface area contributed by atoms with Crippen LogP contribution in [0, 0.1) is 6.92 Å². The third-order valence-corrected chi connectivity index (χ3v) is 6.61. The maximum Gasteiger partial charge on any atom is 0.274 e. The predicted molar refractivity (Wildman–Crippen MR) is 80.1 cm³/mol. The SMILES string of the molecule is Cc1ccc(S(=O)(=O)N2c3ccccc3OCC2C)s1. The maximum atomic E-state index is 12.9. The summed E-state index contributed by atoms with van der Waals surface area (Å²) in [5.41, 5.74) is 0.609. The second-order valence-corrected chi connectivity index (χ2v) is 8.12. The van der Waals surface area contributed by atoms with Crippen molar-refractivity contribution in [3.63, 3.8) is 0 Å². The van der Waals surface area contributed by atoms with Crippen LogP contribution in [0.3, 0.4) is 0 Å². The molecular weight excluding hydrogens is 294 g/mol. The summed E-state index contributed by atoms with van der Waals surface area (Å²) in [4.78, 5) is 0.984. The molecule has 6 heteroatoms. The van der Waals surface area contributed by atoms with Crippen molar-refractivity contribution < 1.29 is 13.2 Å². The summed E-state index contributed by atoms with van der Waals surface area (Å²) in [6.07, 6.45) is 0. The highest BCUT2D eigenvalue weighted by Gasteiger charge is 2.35. The minimum Gasteiger partial charge on any atom is -0.489 e. The Morgan fingerprint density at radius 2 is 2.00 bits per heavy atom. The van der Waals surface area contributed by atoms with Crippen LogP contribution in [0.25, 0.3) is 0 Å². The Labute approximate surface area is 122 Å². The van der Waals surface area contributed by atoms with Gasteiger partial charge in [-0.1, -0.05) is 12.1 Å². The van der Waals surface area contributed by atoms with Crippen LogP contribution in [0.1, 0.15) is 11.8 Å². The van der Waals surface area contributed by atoms with Crippen LogP contribution < -0.4 is 9.04 Å². The third kappa shape index (κ3) is 2.09. The number of ether oxygens (including phenoxy) is 1. The number of hydrogen-bond acceptors (Lipinski definition) is 4. The lowest BCUT2D eigenvalue weighted by Crippen LogP contribution is -2.44. The van der Waals surface area contributed by atoms with E-state index in [1.54, 1.807) is 18.2 Å². The van der Waals surface area contributed by atoms with Gasteiger partial charge in [-0.25, -0.2) is 8.42 Å². The zero-order chi connectivity index (χ0) is 14.3. The van der Waals surface area contributed by atoms with Crippen molar-refractivity contribution in [3.8, 4) is 5.75 Å². The van der Waals surface area contributed by atoms with Crippen LogP contribution >= 0.6 is 11.3 Å². The van der Waals surface area contributed by atoms with Crippen molar-refractivity contribution in [2.75, 3.05) is 10.9 Å². The first-order chi connectivity index (χ1) is 9.50. The second-order valence-electron chi connectivity index (χ2n) is 4.79. The molecule has 0 aliphatic carbocycles. The average molecular weight is 309 g/mol. The van der Waals surface area contributed by atoms with Gasteiger partial charge in [0.05, 0.1) is 11.7 Å². The van der Waals surface area contributed by atoms with E-state index in [2.05, 4.69) is 0 Å². The first kappa shape index (κ1) is 13.5. The van der Waals surface area contributed by atoms with Gasteiger partial charge in [-0.2, -0.15) is 0 Å². The lowest BCUT2D eigenvalue weighted by molar-refractivity contribution is 0.281. The molecule has 106 valence electrons. The monoisotopic (exact) mass is 309 g/mol. The number of benzene rings is 1. The number of rotatable bonds is 2. The van der Waals surface area contributed by atoms with Gasteiger partial charge in [0.25, 0.3) is 10.0 Å². The Balaban J connectivity index is 2.13. The minimum absolute atomic E-state index is 0.225. The van der Waals surface area contributed by atoms with E-state index < -0.39 is 10.0 Å². The molecule has 1 atom stereocenters. The number of fused-ring (bicyclic) bond motifs is 1. The van der Waals surface area contributed by atoms with Crippen LogP contribution in [0.5, 0.6) is 5.75 Å². The van der Waals surface area contributed by atoms with Gasteiger partial charge >= 0.3 is 0 Å². The first-order valence-corrected chi connectivity index (χ1v) is 8.58. The molecule has 2 aromatic rings. The van der Waals surface area contributed by atoms with Crippen molar-refractivity contribution >= 4 is 27.0 Å². The Bertz CT molecular complexity index is 736. The lowest BCUT2D eigenvalue weighted by atomic mass is 10.2. The van der Waals surface area contributed by atoms with E-state index in [4.69, 9.17) is 4.74 Å². The zero-order valence-corrected chi connectivity index (χ0v) is 12.9. The van der Waals surface area contributed by atoms with Crippen molar-refractivity contribution in [3.05, 3.63) is 41.3 Å². The van der Waals surface area contributed by atoms with E-state index >= 15 is 0 Å². The molecular formula is C14H15NO3S2. The molecule has 0 N–H and O–H groups in total. The molecule has 4 nitrogen and oxygen atoms in total. The lowest BCUT2D eigenvalue weighted by Gasteiger charge is -2.35. The van der Waals surface area contributed by atoms with E-state index in [0.29, 0.717) is 22.3 Å². The van der Waals surface area contributed by atoms with Crippen molar-refractivity contribution in [1.29, 1.82) is 0 Å². The minimum atomic E-state index is -3.53. The van der Waals surface area contributed by atoms with E-state index in [1.165, 1.54) is 15.6 Å². The van der Waals surface area contributed by atoms with Gasteiger partial charge in [0.1, 0.15) is 16.6 Å². The van der Waals surface area contributed by atoms with Crippen LogP contribution in [-0.4, -0.2) is 21.1 Å². The van der Waals surface area contributed by atoms with Crippen LogP contribution in [0.4, 0.5) is 5.69 Å². The number of nitrogens with zero attached hydrogens (tertiary/aromatic N) is 1. The summed E-state index contributed by atoms with van der Waals surface area (Å²) in [6.45, 7) is 4.12. The summed E-state index contributed by atoms with van der Waals surface area (Å²) in [6, 6.07) is 10.5. The molecule has 0 amide bonds. The first-order valence-electron chi connectivity index (χ1n) is 6.33. The zero-order valence-electron chi connectivity index (χ0n) is 11.2. The fourth-order valence-electron chi connectivity index (χ4n) is 2.29. The summed E-state index contributed by atoms with van der Waals surface area (Å²) in [7, 11) is -3.53. The summed E-state index contributed by atoms with van der Waals surface area (Å²) < 4.78 is 33.2. The number of sulfonamides is 1. The van der Waals surface area contributed by atoms with Gasteiger partial charge < -0.3 is 4.74 Å². The highest BCUT2D eigenvalue weighted by molar-refractivity contribution is 7.94. The number of anilines is 1. The number of thiophene rings is 1. The average Bonchev–Trinajstić information content (AvgIpc) is 2.85. The van der Waals surface area contributed by atoms with Gasteiger partial charge in [0, 0.05) is 4.88 Å². The standard InChI is InChI=1S/C14H15NO3S2/c1-10-9-18-13-6-4-3-5-12(13)15(10)20(16,17)14-8-7-11(2)19-14/h3-8,10H,9H2,1-2H3. The van der Waals surface area contributed by atoms with Gasteiger partial charge in [-0.05, 0) is 38.1 Å². The maximum absolute atomic E-state index is 12.9. The molecule has 1 aliphatic rings. The van der Waals surface area contributed by atoms with Crippen LogP contribution in [-0.2, 0) is 10.0 Å². The van der Waals surface area contributed by atoms with Crippen molar-refractivity contribution in [2.45, 2.75) is 24.1 Å². The molecule has 1 unspecified atom stereocenters. The molecule has 20 heavy (non-hydrogen) atoms. The Morgan fingerprint density at radius 3 is 2.70 bits per heavy atom. The smallest absolute Gasteiger partial charge is 0.274 e. The molecule has 1 aliphatic heterocycles. The predicted octanol–water partition coefficient (Wildman–Crippen LogP) is 3.03. The highest BCUT2D eigenvalue weighted by Crippen LogP contribution is 2.38. The second kappa shape index (κ2) is 4.79. The van der Waals surface area contributed by atoms with E-state index in [0.717, 1.165) is 4.88 Å². The summed E-state index contributed by atoms with van der Waals surface area (Å²) in [5, 5.41) is 0. The molecule has 0 bridgehead atoms.